The second kappa shape index (κ2) is 3.94. The molecule has 0 aliphatic rings. The van der Waals surface area contributed by atoms with Crippen molar-refractivity contribution in [1.29, 1.82) is 0 Å². The zero-order chi connectivity index (χ0) is 8.32. The molecule has 0 heterocycles. The minimum absolute atomic E-state index is 1.27. The average Bonchev–Trinajstić information content (AvgIpc) is 1.85. The third kappa shape index (κ3) is 4.15. The molecule has 0 unspecified atom stereocenters. The van der Waals surface area contributed by atoms with Crippen molar-refractivity contribution in [1.82, 2.24) is 0 Å². The van der Waals surface area contributed by atoms with Gasteiger partial charge in [-0.25, -0.2) is 0 Å². The molecule has 1 aromatic rings. The molecule has 0 atom stereocenters. The molecule has 2 heteroatoms. The standard InChI is InChI=1S/C9H13BrTe/c1-11(2,10)8-9-6-4-3-5-7-9/h3-7H,8H2,1-2H3. The summed E-state index contributed by atoms with van der Waals surface area (Å²) in [4.78, 5) is 4.74. The molecule has 0 spiro atoms. The fourth-order valence-electron chi connectivity index (χ4n) is 0.971. The summed E-state index contributed by atoms with van der Waals surface area (Å²) in [5.74, 6) is 0. The second-order valence-electron chi connectivity index (χ2n) is 3.03. The van der Waals surface area contributed by atoms with Gasteiger partial charge in [-0.2, -0.15) is 0 Å². The number of benzene rings is 1. The first-order valence-corrected chi connectivity index (χ1v) is 15.1. The summed E-state index contributed by atoms with van der Waals surface area (Å²) < 4.78 is 1.27. The van der Waals surface area contributed by atoms with Gasteiger partial charge >= 0.3 is 79.0 Å². The first-order chi connectivity index (χ1) is 5.08. The maximum absolute atomic E-state index is 3.81. The van der Waals surface area contributed by atoms with Crippen LogP contribution in [0.25, 0.3) is 0 Å². The van der Waals surface area contributed by atoms with Crippen LogP contribution in [0.5, 0.6) is 0 Å². The van der Waals surface area contributed by atoms with Crippen LogP contribution in [0.2, 0.25) is 9.94 Å². The van der Waals surface area contributed by atoms with Gasteiger partial charge in [0.1, 0.15) is 0 Å². The van der Waals surface area contributed by atoms with Crippen LogP contribution in [-0.2, 0) is 4.47 Å². The Balaban J connectivity index is 2.66. The predicted octanol–water partition coefficient (Wildman–Crippen LogP) is 3.37. The van der Waals surface area contributed by atoms with Crippen molar-refractivity contribution in [3.63, 3.8) is 0 Å². The van der Waals surface area contributed by atoms with Crippen LogP contribution in [0.3, 0.4) is 0 Å². The molecular weight excluding hydrogens is 316 g/mol. The molecule has 0 saturated carbocycles. The van der Waals surface area contributed by atoms with E-state index in [2.05, 4.69) is 53.0 Å². The fourth-order valence-corrected chi connectivity index (χ4v) is 5.56. The van der Waals surface area contributed by atoms with Crippen molar-refractivity contribution in [3.8, 4) is 0 Å². The average molecular weight is 329 g/mol. The number of hydrogen-bond donors (Lipinski definition) is 0. The Bertz CT molecular complexity index is 213. The van der Waals surface area contributed by atoms with Crippen molar-refractivity contribution < 1.29 is 0 Å². The summed E-state index contributed by atoms with van der Waals surface area (Å²) in [6, 6.07) is 10.7. The van der Waals surface area contributed by atoms with E-state index in [1.807, 2.05) is 0 Å². The minimum atomic E-state index is -1.56. The van der Waals surface area contributed by atoms with E-state index in [9.17, 15) is 0 Å². The number of rotatable bonds is 2. The molecule has 62 valence electrons. The topological polar surface area (TPSA) is 0 Å². The van der Waals surface area contributed by atoms with Crippen LogP contribution < -0.4 is 0 Å². The number of hydrogen-bond acceptors (Lipinski definition) is 0. The van der Waals surface area contributed by atoms with Gasteiger partial charge in [0, 0.05) is 0 Å². The quantitative estimate of drug-likeness (QED) is 0.730. The normalized spacial score (nSPS) is 13.0. The molecule has 0 radical (unpaired) electrons. The molecule has 0 amide bonds. The molecule has 1 aromatic carbocycles. The second-order valence-corrected chi connectivity index (χ2v) is 23.6. The molecule has 0 saturated heterocycles. The zero-order valence-corrected chi connectivity index (χ0v) is 10.8. The molecule has 0 fully saturated rings. The summed E-state index contributed by atoms with van der Waals surface area (Å²) in [7, 11) is 0. The Morgan fingerprint density at radius 2 is 1.73 bits per heavy atom. The van der Waals surface area contributed by atoms with E-state index in [0.29, 0.717) is 0 Å². The van der Waals surface area contributed by atoms with E-state index < -0.39 is 16.0 Å². The Labute approximate surface area is 78.6 Å². The molecule has 0 aliphatic carbocycles. The van der Waals surface area contributed by atoms with Crippen LogP contribution in [0, 0.1) is 0 Å². The summed E-state index contributed by atoms with van der Waals surface area (Å²) in [5, 5.41) is 0. The van der Waals surface area contributed by atoms with Crippen molar-refractivity contribution >= 4 is 28.7 Å². The molecule has 0 N–H and O–H groups in total. The van der Waals surface area contributed by atoms with Crippen LogP contribution >= 0.6 is 12.8 Å². The molecule has 0 aromatic heterocycles. The van der Waals surface area contributed by atoms with E-state index in [0.717, 1.165) is 0 Å². The van der Waals surface area contributed by atoms with Gasteiger partial charge < -0.3 is 0 Å². The van der Waals surface area contributed by atoms with E-state index >= 15 is 0 Å². The van der Waals surface area contributed by atoms with Gasteiger partial charge in [-0.1, -0.05) is 0 Å². The van der Waals surface area contributed by atoms with Gasteiger partial charge in [-0.3, -0.25) is 0 Å². The Morgan fingerprint density at radius 1 is 1.18 bits per heavy atom. The van der Waals surface area contributed by atoms with Gasteiger partial charge in [0.2, 0.25) is 0 Å². The SMILES string of the molecule is C[Te](C)(Br)Cc1ccccc1. The molecule has 0 aliphatic heterocycles. The first kappa shape index (κ1) is 9.58. The van der Waals surface area contributed by atoms with E-state index in [4.69, 9.17) is 0 Å². The fraction of sp³-hybridized carbons (Fsp3) is 0.333. The van der Waals surface area contributed by atoms with Crippen LogP contribution in [0.15, 0.2) is 30.3 Å². The third-order valence-electron chi connectivity index (χ3n) is 1.35. The Kier molecular flexibility index (Phi) is 3.43. The first-order valence-electron chi connectivity index (χ1n) is 3.52. The van der Waals surface area contributed by atoms with E-state index in [1.54, 1.807) is 0 Å². The van der Waals surface area contributed by atoms with Crippen LogP contribution in [-0.4, -0.2) is 16.0 Å². The van der Waals surface area contributed by atoms with Crippen molar-refractivity contribution in [3.05, 3.63) is 35.9 Å². The maximum atomic E-state index is 3.81. The van der Waals surface area contributed by atoms with E-state index in [-0.39, 0.29) is 0 Å². The van der Waals surface area contributed by atoms with E-state index in [1.165, 1.54) is 10.0 Å². The summed E-state index contributed by atoms with van der Waals surface area (Å²) in [6.45, 7) is 0. The van der Waals surface area contributed by atoms with Gasteiger partial charge in [-0.15, -0.1) is 0 Å². The number of halogens is 1. The van der Waals surface area contributed by atoms with Gasteiger partial charge in [0.15, 0.2) is 0 Å². The Morgan fingerprint density at radius 3 is 2.18 bits per heavy atom. The van der Waals surface area contributed by atoms with Gasteiger partial charge in [-0.05, 0) is 0 Å². The molecule has 11 heavy (non-hydrogen) atoms. The van der Waals surface area contributed by atoms with Crippen LogP contribution in [0.4, 0.5) is 0 Å². The summed E-state index contributed by atoms with van der Waals surface area (Å²) >= 11 is 2.24. The monoisotopic (exact) mass is 330 g/mol. The molecule has 0 nitrogen and oxygen atoms in total. The molecule has 0 bridgehead atoms. The van der Waals surface area contributed by atoms with Gasteiger partial charge in [0.25, 0.3) is 0 Å². The molecular formula is C9H13BrTe. The Hall–Kier alpha value is 0.490. The third-order valence-corrected chi connectivity index (χ3v) is 5.80. The van der Waals surface area contributed by atoms with Gasteiger partial charge in [0.05, 0.1) is 0 Å². The predicted molar refractivity (Wildman–Crippen MR) is 56.6 cm³/mol. The molecule has 1 rings (SSSR count). The van der Waals surface area contributed by atoms with Crippen molar-refractivity contribution in [2.45, 2.75) is 14.4 Å². The summed E-state index contributed by atoms with van der Waals surface area (Å²) in [5.41, 5.74) is 1.47. The van der Waals surface area contributed by atoms with Crippen LogP contribution in [0.1, 0.15) is 5.56 Å². The van der Waals surface area contributed by atoms with Crippen molar-refractivity contribution in [2.75, 3.05) is 0 Å². The summed E-state index contributed by atoms with van der Waals surface area (Å²) in [6.07, 6.45) is 0. The van der Waals surface area contributed by atoms with Crippen molar-refractivity contribution in [2.24, 2.45) is 0 Å². The zero-order valence-electron chi connectivity index (χ0n) is 6.88.